The Morgan fingerprint density at radius 2 is 1.94 bits per heavy atom. The summed E-state index contributed by atoms with van der Waals surface area (Å²) in [5, 5.41) is 18.7. The van der Waals surface area contributed by atoms with Crippen molar-refractivity contribution < 1.29 is 14.9 Å². The summed E-state index contributed by atoms with van der Waals surface area (Å²) in [6.07, 6.45) is 0.921. The second kappa shape index (κ2) is 6.38. The fourth-order valence-corrected chi connectivity index (χ4v) is 1.65. The second-order valence-corrected chi connectivity index (χ2v) is 4.46. The Morgan fingerprint density at radius 1 is 1.25 bits per heavy atom. The predicted octanol–water partition coefficient (Wildman–Crippen LogP) is 2.43. The molecule has 0 heterocycles. The molecule has 0 aliphatic rings. The Kier molecular flexibility index (Phi) is 5.12. The van der Waals surface area contributed by atoms with E-state index in [0.717, 1.165) is 6.42 Å². The van der Waals surface area contributed by atoms with E-state index < -0.39 is 0 Å². The highest BCUT2D eigenvalue weighted by molar-refractivity contribution is 5.37. The van der Waals surface area contributed by atoms with Crippen molar-refractivity contribution in [3.05, 3.63) is 24.3 Å². The Labute approximate surface area is 96.7 Å². The zero-order chi connectivity index (χ0) is 12.0. The van der Waals surface area contributed by atoms with E-state index in [2.05, 4.69) is 13.8 Å². The standard InChI is InChI=1S/C13H20O3/c1-10(2)7-11(8-14)9-16-13-6-4-3-5-12(13)15/h3-6,10-11,14-15H,7-9H2,1-2H3. The molecular formula is C13H20O3. The molecule has 16 heavy (non-hydrogen) atoms. The van der Waals surface area contributed by atoms with Crippen molar-refractivity contribution in [3.63, 3.8) is 0 Å². The SMILES string of the molecule is CC(C)CC(CO)COc1ccccc1O. The number of aliphatic hydroxyl groups excluding tert-OH is 1. The second-order valence-electron chi connectivity index (χ2n) is 4.46. The highest BCUT2D eigenvalue weighted by atomic mass is 16.5. The number of phenols is 1. The van der Waals surface area contributed by atoms with E-state index >= 15 is 0 Å². The number of hydrogen-bond acceptors (Lipinski definition) is 3. The maximum Gasteiger partial charge on any atom is 0.160 e. The van der Waals surface area contributed by atoms with Crippen LogP contribution in [0.4, 0.5) is 0 Å². The smallest absolute Gasteiger partial charge is 0.160 e. The van der Waals surface area contributed by atoms with Crippen LogP contribution in [0.2, 0.25) is 0 Å². The molecule has 0 amide bonds. The number of aliphatic hydroxyl groups is 1. The van der Waals surface area contributed by atoms with E-state index in [1.807, 2.05) is 6.07 Å². The van der Waals surface area contributed by atoms with E-state index in [4.69, 9.17) is 4.74 Å². The highest BCUT2D eigenvalue weighted by Crippen LogP contribution is 2.25. The van der Waals surface area contributed by atoms with Crippen LogP contribution in [0.5, 0.6) is 11.5 Å². The number of benzene rings is 1. The van der Waals surface area contributed by atoms with Gasteiger partial charge < -0.3 is 14.9 Å². The first-order chi connectivity index (χ1) is 7.63. The third-order valence-corrected chi connectivity index (χ3v) is 2.40. The maximum atomic E-state index is 9.49. The third-order valence-electron chi connectivity index (χ3n) is 2.40. The van der Waals surface area contributed by atoms with Crippen molar-refractivity contribution in [3.8, 4) is 11.5 Å². The number of rotatable bonds is 6. The van der Waals surface area contributed by atoms with E-state index in [0.29, 0.717) is 18.3 Å². The molecule has 0 saturated heterocycles. The van der Waals surface area contributed by atoms with Crippen molar-refractivity contribution in [2.24, 2.45) is 11.8 Å². The van der Waals surface area contributed by atoms with Crippen molar-refractivity contribution in [2.75, 3.05) is 13.2 Å². The topological polar surface area (TPSA) is 49.7 Å². The van der Waals surface area contributed by atoms with Crippen LogP contribution in [0.25, 0.3) is 0 Å². The molecule has 90 valence electrons. The predicted molar refractivity (Wildman–Crippen MR) is 63.6 cm³/mol. The zero-order valence-corrected chi connectivity index (χ0v) is 9.89. The quantitative estimate of drug-likeness (QED) is 0.780. The zero-order valence-electron chi connectivity index (χ0n) is 9.89. The lowest BCUT2D eigenvalue weighted by atomic mass is 9.99. The van der Waals surface area contributed by atoms with Gasteiger partial charge in [-0.1, -0.05) is 26.0 Å². The average Bonchev–Trinajstić information content (AvgIpc) is 2.25. The fraction of sp³-hybridized carbons (Fsp3) is 0.538. The molecule has 1 unspecified atom stereocenters. The van der Waals surface area contributed by atoms with Crippen molar-refractivity contribution in [2.45, 2.75) is 20.3 Å². The molecule has 1 aromatic carbocycles. The third kappa shape index (κ3) is 4.11. The molecule has 3 nitrogen and oxygen atoms in total. The Bertz CT molecular complexity index is 310. The van der Waals surface area contributed by atoms with Gasteiger partial charge >= 0.3 is 0 Å². The van der Waals surface area contributed by atoms with E-state index in [-0.39, 0.29) is 18.3 Å². The van der Waals surface area contributed by atoms with Gasteiger partial charge in [0.2, 0.25) is 0 Å². The molecule has 2 N–H and O–H groups in total. The van der Waals surface area contributed by atoms with Gasteiger partial charge in [0.1, 0.15) is 0 Å². The van der Waals surface area contributed by atoms with Gasteiger partial charge in [0.25, 0.3) is 0 Å². The normalized spacial score (nSPS) is 12.8. The van der Waals surface area contributed by atoms with Crippen LogP contribution >= 0.6 is 0 Å². The largest absolute Gasteiger partial charge is 0.504 e. The van der Waals surface area contributed by atoms with E-state index in [1.54, 1.807) is 18.2 Å². The van der Waals surface area contributed by atoms with Crippen LogP contribution in [0.1, 0.15) is 20.3 Å². The molecule has 0 aliphatic heterocycles. The van der Waals surface area contributed by atoms with Crippen molar-refractivity contribution in [1.29, 1.82) is 0 Å². The minimum Gasteiger partial charge on any atom is -0.504 e. The van der Waals surface area contributed by atoms with Gasteiger partial charge in [-0.2, -0.15) is 0 Å². The van der Waals surface area contributed by atoms with E-state index in [9.17, 15) is 10.2 Å². The fourth-order valence-electron chi connectivity index (χ4n) is 1.65. The Morgan fingerprint density at radius 3 is 2.50 bits per heavy atom. The highest BCUT2D eigenvalue weighted by Gasteiger charge is 2.11. The first-order valence-electron chi connectivity index (χ1n) is 5.65. The summed E-state index contributed by atoms with van der Waals surface area (Å²) in [7, 11) is 0. The van der Waals surface area contributed by atoms with Crippen LogP contribution in [0, 0.1) is 11.8 Å². The molecule has 1 aromatic rings. The van der Waals surface area contributed by atoms with Crippen molar-refractivity contribution >= 4 is 0 Å². The number of ether oxygens (including phenoxy) is 1. The number of aromatic hydroxyl groups is 1. The number of para-hydroxylation sites is 2. The molecule has 0 radical (unpaired) electrons. The minimum absolute atomic E-state index is 0.117. The van der Waals surface area contributed by atoms with Crippen LogP contribution < -0.4 is 4.74 Å². The monoisotopic (exact) mass is 224 g/mol. The summed E-state index contributed by atoms with van der Waals surface area (Å²) in [6.45, 7) is 4.78. The first kappa shape index (κ1) is 12.8. The number of hydrogen-bond donors (Lipinski definition) is 2. The van der Waals surface area contributed by atoms with E-state index in [1.165, 1.54) is 0 Å². The minimum atomic E-state index is 0.117. The van der Waals surface area contributed by atoms with Gasteiger partial charge in [-0.25, -0.2) is 0 Å². The molecule has 1 atom stereocenters. The maximum absolute atomic E-state index is 9.49. The summed E-state index contributed by atoms with van der Waals surface area (Å²) in [6, 6.07) is 6.87. The molecule has 0 aliphatic carbocycles. The molecule has 0 spiro atoms. The molecule has 0 bridgehead atoms. The van der Waals surface area contributed by atoms with Gasteiger partial charge in [0.15, 0.2) is 11.5 Å². The summed E-state index contributed by atoms with van der Waals surface area (Å²) in [5.74, 6) is 1.28. The summed E-state index contributed by atoms with van der Waals surface area (Å²) < 4.78 is 5.48. The summed E-state index contributed by atoms with van der Waals surface area (Å²) in [4.78, 5) is 0. The van der Waals surface area contributed by atoms with Gasteiger partial charge in [-0.05, 0) is 24.5 Å². The molecule has 1 rings (SSSR count). The van der Waals surface area contributed by atoms with Gasteiger partial charge in [0.05, 0.1) is 6.61 Å². The number of phenolic OH excluding ortho intramolecular Hbond substituents is 1. The van der Waals surface area contributed by atoms with Crippen LogP contribution in [-0.2, 0) is 0 Å². The molecular weight excluding hydrogens is 204 g/mol. The molecule has 0 aromatic heterocycles. The molecule has 0 saturated carbocycles. The van der Waals surface area contributed by atoms with Gasteiger partial charge in [-0.15, -0.1) is 0 Å². The summed E-state index contributed by atoms with van der Waals surface area (Å²) in [5.41, 5.74) is 0. The average molecular weight is 224 g/mol. The molecule has 3 heteroatoms. The molecule has 0 fully saturated rings. The Hall–Kier alpha value is -1.22. The lowest BCUT2D eigenvalue weighted by Gasteiger charge is -2.17. The van der Waals surface area contributed by atoms with Crippen molar-refractivity contribution in [1.82, 2.24) is 0 Å². The lowest BCUT2D eigenvalue weighted by Crippen LogP contribution is -2.18. The van der Waals surface area contributed by atoms with Crippen LogP contribution in [0.15, 0.2) is 24.3 Å². The van der Waals surface area contributed by atoms with Crippen LogP contribution in [-0.4, -0.2) is 23.4 Å². The Balaban J connectivity index is 2.46. The lowest BCUT2D eigenvalue weighted by molar-refractivity contribution is 0.143. The van der Waals surface area contributed by atoms with Gasteiger partial charge in [0, 0.05) is 12.5 Å². The van der Waals surface area contributed by atoms with Gasteiger partial charge in [-0.3, -0.25) is 0 Å². The van der Waals surface area contributed by atoms with Crippen LogP contribution in [0.3, 0.4) is 0 Å². The first-order valence-corrected chi connectivity index (χ1v) is 5.65. The summed E-state index contributed by atoms with van der Waals surface area (Å²) >= 11 is 0.